The standard InChI is InChI=1S/C16H23NO/c1-3-4-5-12-18-16-11-7-8-13-14(16)9-6-10-15(13)17-2/h3,7-8,11,15,17H,1,4-6,9-10,12H2,2H3. The fourth-order valence-corrected chi connectivity index (χ4v) is 2.66. The van der Waals surface area contributed by atoms with Gasteiger partial charge in [0, 0.05) is 6.04 Å². The minimum Gasteiger partial charge on any atom is -0.493 e. The van der Waals surface area contributed by atoms with E-state index < -0.39 is 0 Å². The number of allylic oxidation sites excluding steroid dienone is 1. The van der Waals surface area contributed by atoms with E-state index in [2.05, 4.69) is 30.1 Å². The second kappa shape index (κ2) is 6.60. The molecule has 1 unspecified atom stereocenters. The molecule has 0 aliphatic heterocycles. The Morgan fingerprint density at radius 2 is 2.39 bits per heavy atom. The third-order valence-corrected chi connectivity index (χ3v) is 3.62. The number of hydrogen-bond acceptors (Lipinski definition) is 2. The lowest BCUT2D eigenvalue weighted by molar-refractivity contribution is 0.306. The van der Waals surface area contributed by atoms with Crippen LogP contribution < -0.4 is 10.1 Å². The normalized spacial score (nSPS) is 18.2. The Morgan fingerprint density at radius 1 is 1.50 bits per heavy atom. The highest BCUT2D eigenvalue weighted by molar-refractivity contribution is 5.43. The summed E-state index contributed by atoms with van der Waals surface area (Å²) < 4.78 is 5.92. The molecular weight excluding hydrogens is 222 g/mol. The molecule has 0 heterocycles. The molecule has 1 aromatic rings. The molecule has 98 valence electrons. The molecule has 0 saturated heterocycles. The van der Waals surface area contributed by atoms with Gasteiger partial charge in [-0.2, -0.15) is 0 Å². The van der Waals surface area contributed by atoms with Crippen LogP contribution in [0.25, 0.3) is 0 Å². The third kappa shape index (κ3) is 2.94. The minimum absolute atomic E-state index is 0.491. The van der Waals surface area contributed by atoms with Crippen LogP contribution in [0.5, 0.6) is 5.75 Å². The lowest BCUT2D eigenvalue weighted by Crippen LogP contribution is -2.22. The zero-order chi connectivity index (χ0) is 12.8. The molecule has 0 aromatic heterocycles. The van der Waals surface area contributed by atoms with Crippen LogP contribution in [0.3, 0.4) is 0 Å². The molecule has 0 amide bonds. The number of ether oxygens (including phenoxy) is 1. The van der Waals surface area contributed by atoms with Gasteiger partial charge in [0.2, 0.25) is 0 Å². The summed E-state index contributed by atoms with van der Waals surface area (Å²) in [6.07, 6.45) is 7.62. The monoisotopic (exact) mass is 245 g/mol. The van der Waals surface area contributed by atoms with Crippen molar-refractivity contribution >= 4 is 0 Å². The highest BCUT2D eigenvalue weighted by Gasteiger charge is 2.21. The van der Waals surface area contributed by atoms with Gasteiger partial charge in [-0.25, -0.2) is 0 Å². The van der Waals surface area contributed by atoms with Crippen molar-refractivity contribution < 1.29 is 4.74 Å². The van der Waals surface area contributed by atoms with Gasteiger partial charge in [-0.15, -0.1) is 6.58 Å². The van der Waals surface area contributed by atoms with Crippen LogP contribution in [0, 0.1) is 0 Å². The first kappa shape index (κ1) is 13.2. The molecule has 2 rings (SSSR count). The van der Waals surface area contributed by atoms with E-state index in [9.17, 15) is 0 Å². The molecule has 0 spiro atoms. The lowest BCUT2D eigenvalue weighted by atomic mass is 9.87. The fourth-order valence-electron chi connectivity index (χ4n) is 2.66. The van der Waals surface area contributed by atoms with Crippen LogP contribution in [0.1, 0.15) is 42.9 Å². The summed E-state index contributed by atoms with van der Waals surface area (Å²) in [5, 5.41) is 3.39. The first-order valence-electron chi connectivity index (χ1n) is 6.89. The Balaban J connectivity index is 2.09. The summed E-state index contributed by atoms with van der Waals surface area (Å²) in [6.45, 7) is 4.52. The Morgan fingerprint density at radius 3 is 3.17 bits per heavy atom. The van der Waals surface area contributed by atoms with Crippen LogP contribution >= 0.6 is 0 Å². The highest BCUT2D eigenvalue weighted by Crippen LogP contribution is 2.35. The molecule has 0 radical (unpaired) electrons. The van der Waals surface area contributed by atoms with Gasteiger partial charge in [-0.05, 0) is 56.3 Å². The van der Waals surface area contributed by atoms with E-state index in [1.807, 2.05) is 13.1 Å². The Kier molecular flexibility index (Phi) is 4.82. The molecule has 0 fully saturated rings. The second-order valence-electron chi connectivity index (χ2n) is 4.84. The fraction of sp³-hybridized carbons (Fsp3) is 0.500. The van der Waals surface area contributed by atoms with E-state index in [4.69, 9.17) is 4.74 Å². The van der Waals surface area contributed by atoms with Crippen molar-refractivity contribution in [1.82, 2.24) is 5.32 Å². The van der Waals surface area contributed by atoms with E-state index in [1.165, 1.54) is 24.0 Å². The van der Waals surface area contributed by atoms with Crippen molar-refractivity contribution in [2.45, 2.75) is 38.1 Å². The Bertz CT molecular complexity index is 400. The summed E-state index contributed by atoms with van der Waals surface area (Å²) in [5.41, 5.74) is 2.83. The van der Waals surface area contributed by atoms with Gasteiger partial charge in [0.1, 0.15) is 5.75 Å². The summed E-state index contributed by atoms with van der Waals surface area (Å²) in [7, 11) is 2.04. The zero-order valence-electron chi connectivity index (χ0n) is 11.2. The van der Waals surface area contributed by atoms with Gasteiger partial charge in [0.05, 0.1) is 6.61 Å². The predicted octanol–water partition coefficient (Wildman–Crippen LogP) is 3.63. The molecule has 1 aliphatic carbocycles. The van der Waals surface area contributed by atoms with Crippen LogP contribution in [-0.2, 0) is 6.42 Å². The average Bonchev–Trinajstić information content (AvgIpc) is 2.43. The molecule has 2 heteroatoms. The second-order valence-corrected chi connectivity index (χ2v) is 4.84. The van der Waals surface area contributed by atoms with Gasteiger partial charge in [0.25, 0.3) is 0 Å². The molecule has 0 saturated carbocycles. The third-order valence-electron chi connectivity index (χ3n) is 3.62. The van der Waals surface area contributed by atoms with Gasteiger partial charge >= 0.3 is 0 Å². The summed E-state index contributed by atoms with van der Waals surface area (Å²) in [4.78, 5) is 0. The van der Waals surface area contributed by atoms with E-state index in [0.29, 0.717) is 6.04 Å². The quantitative estimate of drug-likeness (QED) is 0.610. The molecule has 1 aliphatic rings. The summed E-state index contributed by atoms with van der Waals surface area (Å²) >= 11 is 0. The highest BCUT2D eigenvalue weighted by atomic mass is 16.5. The first-order valence-corrected chi connectivity index (χ1v) is 6.89. The maximum absolute atomic E-state index is 5.92. The van der Waals surface area contributed by atoms with Gasteiger partial charge in [-0.1, -0.05) is 18.2 Å². The first-order chi connectivity index (χ1) is 8.86. The van der Waals surface area contributed by atoms with Crippen molar-refractivity contribution in [3.63, 3.8) is 0 Å². The molecular formula is C16H23NO. The topological polar surface area (TPSA) is 21.3 Å². The molecule has 1 aromatic carbocycles. The number of benzene rings is 1. The SMILES string of the molecule is C=CCCCOc1cccc2c1CCCC2NC. The maximum atomic E-state index is 5.92. The average molecular weight is 245 g/mol. The Labute approximate surface area is 110 Å². The molecule has 0 bridgehead atoms. The number of fused-ring (bicyclic) bond motifs is 1. The molecule has 1 atom stereocenters. The zero-order valence-corrected chi connectivity index (χ0v) is 11.2. The van der Waals surface area contributed by atoms with E-state index in [1.54, 1.807) is 0 Å². The van der Waals surface area contributed by atoms with Gasteiger partial charge in [-0.3, -0.25) is 0 Å². The summed E-state index contributed by atoms with van der Waals surface area (Å²) in [6, 6.07) is 6.93. The molecule has 1 N–H and O–H groups in total. The largest absolute Gasteiger partial charge is 0.493 e. The van der Waals surface area contributed by atoms with E-state index >= 15 is 0 Å². The van der Waals surface area contributed by atoms with Crippen LogP contribution in [0.2, 0.25) is 0 Å². The number of nitrogens with one attached hydrogen (secondary N) is 1. The van der Waals surface area contributed by atoms with Crippen molar-refractivity contribution in [3.05, 3.63) is 42.0 Å². The van der Waals surface area contributed by atoms with Crippen molar-refractivity contribution in [2.24, 2.45) is 0 Å². The van der Waals surface area contributed by atoms with E-state index in [0.717, 1.165) is 31.6 Å². The van der Waals surface area contributed by atoms with Crippen LogP contribution in [0.4, 0.5) is 0 Å². The van der Waals surface area contributed by atoms with Gasteiger partial charge in [0.15, 0.2) is 0 Å². The predicted molar refractivity (Wildman–Crippen MR) is 76.1 cm³/mol. The van der Waals surface area contributed by atoms with Crippen molar-refractivity contribution in [2.75, 3.05) is 13.7 Å². The smallest absolute Gasteiger partial charge is 0.122 e. The minimum atomic E-state index is 0.491. The number of hydrogen-bond donors (Lipinski definition) is 1. The summed E-state index contributed by atoms with van der Waals surface area (Å²) in [5.74, 6) is 1.08. The lowest BCUT2D eigenvalue weighted by Gasteiger charge is -2.26. The van der Waals surface area contributed by atoms with Crippen molar-refractivity contribution in [1.29, 1.82) is 0 Å². The maximum Gasteiger partial charge on any atom is 0.122 e. The van der Waals surface area contributed by atoms with Crippen molar-refractivity contribution in [3.8, 4) is 5.75 Å². The molecule has 2 nitrogen and oxygen atoms in total. The Hall–Kier alpha value is -1.28. The number of rotatable bonds is 6. The molecule has 18 heavy (non-hydrogen) atoms. The van der Waals surface area contributed by atoms with Gasteiger partial charge < -0.3 is 10.1 Å². The van der Waals surface area contributed by atoms with Crippen LogP contribution in [-0.4, -0.2) is 13.7 Å². The van der Waals surface area contributed by atoms with Crippen LogP contribution in [0.15, 0.2) is 30.9 Å². The van der Waals surface area contributed by atoms with E-state index in [-0.39, 0.29) is 0 Å². The number of unbranched alkanes of at least 4 members (excludes halogenated alkanes) is 1.